The van der Waals surface area contributed by atoms with E-state index in [-0.39, 0.29) is 0 Å². The lowest BCUT2D eigenvalue weighted by atomic mass is 10.0. The molecule has 0 unspecified atom stereocenters. The molecule has 0 aromatic heterocycles. The molecule has 5 heteroatoms. The minimum atomic E-state index is -3.47. The molecule has 110 valence electrons. The van der Waals surface area contributed by atoms with Crippen LogP contribution in [0.3, 0.4) is 0 Å². The van der Waals surface area contributed by atoms with Gasteiger partial charge in [-0.05, 0) is 48.2 Å². The first-order chi connectivity index (χ1) is 10.1. The maximum Gasteiger partial charge on any atom is 0.243 e. The van der Waals surface area contributed by atoms with Gasteiger partial charge in [0.2, 0.25) is 10.0 Å². The summed E-state index contributed by atoms with van der Waals surface area (Å²) in [6, 6.07) is 14.4. The zero-order chi connectivity index (χ0) is 14.9. The van der Waals surface area contributed by atoms with Crippen molar-refractivity contribution in [1.29, 1.82) is 0 Å². The number of rotatable bonds is 2. The number of fused-ring (bicyclic) bond motifs is 1. The van der Waals surface area contributed by atoms with E-state index in [2.05, 4.69) is 6.07 Å². The third-order valence-electron chi connectivity index (χ3n) is 3.84. The van der Waals surface area contributed by atoms with Gasteiger partial charge in [-0.1, -0.05) is 24.3 Å². The van der Waals surface area contributed by atoms with Gasteiger partial charge in [-0.3, -0.25) is 0 Å². The summed E-state index contributed by atoms with van der Waals surface area (Å²) in [4.78, 5) is 0.302. The van der Waals surface area contributed by atoms with E-state index in [9.17, 15) is 8.42 Å². The highest BCUT2D eigenvalue weighted by Crippen LogP contribution is 2.24. The van der Waals surface area contributed by atoms with Crippen molar-refractivity contribution in [3.8, 4) is 0 Å². The topological polar surface area (TPSA) is 63.4 Å². The Morgan fingerprint density at radius 1 is 0.952 bits per heavy atom. The lowest BCUT2D eigenvalue weighted by Crippen LogP contribution is -2.30. The first-order valence-corrected chi connectivity index (χ1v) is 8.44. The summed E-state index contributed by atoms with van der Waals surface area (Å²) in [5, 5.41) is 0. The number of sulfonamides is 1. The Labute approximate surface area is 125 Å². The maximum absolute atomic E-state index is 12.7. The van der Waals surface area contributed by atoms with Crippen molar-refractivity contribution in [2.45, 2.75) is 24.3 Å². The quantitative estimate of drug-likeness (QED) is 0.866. The summed E-state index contributed by atoms with van der Waals surface area (Å²) in [6.07, 6.45) is 1.76. The SMILES string of the molecule is Nc1ccc(S(=O)(=O)N2CCCc3ccccc3C2)cc1. The highest BCUT2D eigenvalue weighted by molar-refractivity contribution is 7.89. The maximum atomic E-state index is 12.7. The third kappa shape index (κ3) is 2.80. The van der Waals surface area contributed by atoms with Crippen LogP contribution in [0.25, 0.3) is 0 Å². The van der Waals surface area contributed by atoms with Crippen molar-refractivity contribution in [1.82, 2.24) is 4.31 Å². The summed E-state index contributed by atoms with van der Waals surface area (Å²) < 4.78 is 27.1. The lowest BCUT2D eigenvalue weighted by molar-refractivity contribution is 0.410. The second-order valence-electron chi connectivity index (χ2n) is 5.28. The Morgan fingerprint density at radius 2 is 1.62 bits per heavy atom. The summed E-state index contributed by atoms with van der Waals surface area (Å²) in [5.74, 6) is 0. The molecular formula is C16H18N2O2S. The third-order valence-corrected chi connectivity index (χ3v) is 5.70. The first kappa shape index (κ1) is 14.1. The van der Waals surface area contributed by atoms with Crippen LogP contribution >= 0.6 is 0 Å². The minimum Gasteiger partial charge on any atom is -0.399 e. The molecule has 2 aromatic carbocycles. The number of aryl methyl sites for hydroxylation is 1. The fourth-order valence-electron chi connectivity index (χ4n) is 2.66. The van der Waals surface area contributed by atoms with E-state index in [0.29, 0.717) is 23.7 Å². The Morgan fingerprint density at radius 3 is 2.33 bits per heavy atom. The molecule has 0 spiro atoms. The number of hydrogen-bond acceptors (Lipinski definition) is 3. The van der Waals surface area contributed by atoms with E-state index < -0.39 is 10.0 Å². The molecule has 0 atom stereocenters. The van der Waals surface area contributed by atoms with Crippen molar-refractivity contribution in [3.05, 3.63) is 59.7 Å². The molecule has 0 radical (unpaired) electrons. The van der Waals surface area contributed by atoms with Crippen LogP contribution in [0.1, 0.15) is 17.5 Å². The summed E-state index contributed by atoms with van der Waals surface area (Å²) >= 11 is 0. The second-order valence-corrected chi connectivity index (χ2v) is 7.22. The van der Waals surface area contributed by atoms with Crippen molar-refractivity contribution in [2.75, 3.05) is 12.3 Å². The van der Waals surface area contributed by atoms with E-state index in [0.717, 1.165) is 18.4 Å². The van der Waals surface area contributed by atoms with Crippen LogP contribution in [0, 0.1) is 0 Å². The zero-order valence-electron chi connectivity index (χ0n) is 11.7. The number of anilines is 1. The molecule has 1 heterocycles. The van der Waals surface area contributed by atoms with E-state index in [1.165, 1.54) is 5.56 Å². The van der Waals surface area contributed by atoms with Crippen molar-refractivity contribution in [2.24, 2.45) is 0 Å². The smallest absolute Gasteiger partial charge is 0.243 e. The molecular weight excluding hydrogens is 284 g/mol. The summed E-state index contributed by atoms with van der Waals surface area (Å²) in [6.45, 7) is 0.976. The largest absolute Gasteiger partial charge is 0.399 e. The number of benzene rings is 2. The molecule has 0 fully saturated rings. The van der Waals surface area contributed by atoms with Crippen LogP contribution in [0.15, 0.2) is 53.4 Å². The monoisotopic (exact) mass is 302 g/mol. The van der Waals surface area contributed by atoms with Gasteiger partial charge in [0, 0.05) is 18.8 Å². The lowest BCUT2D eigenvalue weighted by Gasteiger charge is -2.20. The average Bonchev–Trinajstić information content (AvgIpc) is 2.70. The van der Waals surface area contributed by atoms with Crippen molar-refractivity contribution < 1.29 is 8.42 Å². The Bertz CT molecular complexity index is 739. The van der Waals surface area contributed by atoms with Crippen LogP contribution in [-0.4, -0.2) is 19.3 Å². The molecule has 0 saturated heterocycles. The van der Waals surface area contributed by atoms with E-state index in [1.54, 1.807) is 28.6 Å². The normalized spacial score (nSPS) is 16.2. The Kier molecular flexibility index (Phi) is 3.69. The van der Waals surface area contributed by atoms with Gasteiger partial charge in [0.05, 0.1) is 4.90 Å². The summed E-state index contributed by atoms with van der Waals surface area (Å²) in [7, 11) is -3.47. The predicted octanol–water partition coefficient (Wildman–Crippen LogP) is 2.41. The van der Waals surface area contributed by atoms with E-state index in [4.69, 9.17) is 5.73 Å². The fourth-order valence-corrected chi connectivity index (χ4v) is 4.12. The van der Waals surface area contributed by atoms with Crippen LogP contribution in [0.4, 0.5) is 5.69 Å². The van der Waals surface area contributed by atoms with E-state index in [1.807, 2.05) is 18.2 Å². The first-order valence-electron chi connectivity index (χ1n) is 7.00. The highest BCUT2D eigenvalue weighted by atomic mass is 32.2. The molecule has 0 aliphatic carbocycles. The molecule has 2 aromatic rings. The average molecular weight is 302 g/mol. The van der Waals surface area contributed by atoms with Gasteiger partial charge in [-0.25, -0.2) is 8.42 Å². The number of nitrogen functional groups attached to an aromatic ring is 1. The zero-order valence-corrected chi connectivity index (χ0v) is 12.5. The predicted molar refractivity (Wildman–Crippen MR) is 83.2 cm³/mol. The van der Waals surface area contributed by atoms with Crippen molar-refractivity contribution >= 4 is 15.7 Å². The molecule has 0 saturated carbocycles. The second kappa shape index (κ2) is 5.50. The molecule has 1 aliphatic heterocycles. The Hall–Kier alpha value is -1.85. The van der Waals surface area contributed by atoms with Gasteiger partial charge in [0.15, 0.2) is 0 Å². The van der Waals surface area contributed by atoms with Gasteiger partial charge in [-0.15, -0.1) is 0 Å². The van der Waals surface area contributed by atoms with Gasteiger partial charge in [-0.2, -0.15) is 4.31 Å². The molecule has 0 amide bonds. The molecule has 21 heavy (non-hydrogen) atoms. The standard InChI is InChI=1S/C16H18N2O2S/c17-15-7-9-16(10-8-15)21(19,20)18-11-3-6-13-4-1-2-5-14(13)12-18/h1-2,4-5,7-10H,3,6,11-12,17H2. The molecule has 4 nitrogen and oxygen atoms in total. The Balaban J connectivity index is 1.94. The van der Waals surface area contributed by atoms with Crippen molar-refractivity contribution in [3.63, 3.8) is 0 Å². The van der Waals surface area contributed by atoms with Crippen LogP contribution < -0.4 is 5.73 Å². The van der Waals surface area contributed by atoms with Gasteiger partial charge >= 0.3 is 0 Å². The van der Waals surface area contributed by atoms with Gasteiger partial charge in [0.25, 0.3) is 0 Å². The summed E-state index contributed by atoms with van der Waals surface area (Å²) in [5.41, 5.74) is 8.53. The van der Waals surface area contributed by atoms with E-state index >= 15 is 0 Å². The number of nitrogens with zero attached hydrogens (tertiary/aromatic N) is 1. The number of nitrogens with two attached hydrogens (primary N) is 1. The number of hydrogen-bond donors (Lipinski definition) is 1. The highest BCUT2D eigenvalue weighted by Gasteiger charge is 2.26. The van der Waals surface area contributed by atoms with Crippen LogP contribution in [0.5, 0.6) is 0 Å². The molecule has 0 bridgehead atoms. The van der Waals surface area contributed by atoms with Crippen LogP contribution in [0.2, 0.25) is 0 Å². The van der Waals surface area contributed by atoms with Gasteiger partial charge in [0.1, 0.15) is 0 Å². The fraction of sp³-hybridized carbons (Fsp3) is 0.250. The van der Waals surface area contributed by atoms with Crippen LogP contribution in [-0.2, 0) is 23.0 Å². The molecule has 3 rings (SSSR count). The van der Waals surface area contributed by atoms with Gasteiger partial charge < -0.3 is 5.73 Å². The molecule has 1 aliphatic rings. The molecule has 2 N–H and O–H groups in total. The minimum absolute atomic E-state index is 0.302.